The minimum Gasteiger partial charge on any atom is -0.447 e. The number of cyclic esters (lactones) is 1. The van der Waals surface area contributed by atoms with Crippen LogP contribution in [0, 0.1) is 0 Å². The van der Waals surface area contributed by atoms with Gasteiger partial charge in [0.05, 0.1) is 5.54 Å². The molecule has 0 aromatic heterocycles. The predicted octanol–water partition coefficient (Wildman–Crippen LogP) is 3.29. The lowest BCUT2D eigenvalue weighted by Gasteiger charge is -2.32. The Morgan fingerprint density at radius 2 is 2.04 bits per heavy atom. The molecule has 2 heterocycles. The first-order valence-electron chi connectivity index (χ1n) is 8.65. The van der Waals surface area contributed by atoms with Gasteiger partial charge < -0.3 is 15.4 Å². The van der Waals surface area contributed by atoms with E-state index in [-0.39, 0.29) is 11.6 Å². The van der Waals surface area contributed by atoms with Crippen molar-refractivity contribution in [2.45, 2.75) is 31.2 Å². The Kier molecular flexibility index (Phi) is 2.90. The summed E-state index contributed by atoms with van der Waals surface area (Å²) in [4.78, 5) is 11.4. The average molecular weight is 320 g/mol. The molecule has 2 aromatic carbocycles. The van der Waals surface area contributed by atoms with Crippen molar-refractivity contribution < 1.29 is 9.53 Å². The SMILES string of the molecule is O=C1NC2(CCc3cc(-c4cccc5c4CCN5)ccc3C2)CO1. The Hall–Kier alpha value is -2.49. The number of carbonyl (C=O) groups excluding carboxylic acids is 1. The lowest BCUT2D eigenvalue weighted by atomic mass is 9.78. The van der Waals surface area contributed by atoms with E-state index in [4.69, 9.17) is 4.74 Å². The number of rotatable bonds is 1. The molecular formula is C20H20N2O2. The van der Waals surface area contributed by atoms with Crippen LogP contribution < -0.4 is 10.6 Å². The Morgan fingerprint density at radius 3 is 2.92 bits per heavy atom. The number of carbonyl (C=O) groups is 1. The monoisotopic (exact) mass is 320 g/mol. The summed E-state index contributed by atoms with van der Waals surface area (Å²) in [6.07, 6.45) is 3.61. The molecule has 1 atom stereocenters. The Morgan fingerprint density at radius 1 is 1.08 bits per heavy atom. The maximum absolute atomic E-state index is 11.4. The molecule has 0 saturated carbocycles. The van der Waals surface area contributed by atoms with Crippen LogP contribution in [0.25, 0.3) is 11.1 Å². The summed E-state index contributed by atoms with van der Waals surface area (Å²) in [6.45, 7) is 1.52. The van der Waals surface area contributed by atoms with Crippen LogP contribution in [0.1, 0.15) is 23.1 Å². The molecule has 1 aliphatic carbocycles. The van der Waals surface area contributed by atoms with Gasteiger partial charge in [-0.2, -0.15) is 0 Å². The standard InChI is InChI=1S/C20H20N2O2/c23-19-22-20(12-24-19)8-6-13-10-14(4-5-15(13)11-20)16-2-1-3-18-17(16)7-9-21-18/h1-5,10,21H,6-9,11-12H2,(H,22,23). The molecule has 2 aromatic rings. The highest BCUT2D eigenvalue weighted by Crippen LogP contribution is 2.37. The minimum atomic E-state index is -0.276. The van der Waals surface area contributed by atoms with Crippen molar-refractivity contribution in [3.05, 3.63) is 53.1 Å². The highest BCUT2D eigenvalue weighted by molar-refractivity contribution is 5.76. The van der Waals surface area contributed by atoms with Gasteiger partial charge in [0.1, 0.15) is 6.61 Å². The fraction of sp³-hybridized carbons (Fsp3) is 0.350. The zero-order valence-electron chi connectivity index (χ0n) is 13.5. The molecule has 122 valence electrons. The van der Waals surface area contributed by atoms with Crippen molar-refractivity contribution in [2.24, 2.45) is 0 Å². The number of fused-ring (bicyclic) bond motifs is 2. The van der Waals surface area contributed by atoms with Crippen LogP contribution in [-0.4, -0.2) is 24.8 Å². The average Bonchev–Trinajstić information content (AvgIpc) is 3.21. The molecule has 5 rings (SSSR count). The van der Waals surface area contributed by atoms with E-state index in [9.17, 15) is 4.79 Å². The molecule has 4 heteroatoms. The van der Waals surface area contributed by atoms with Crippen LogP contribution >= 0.6 is 0 Å². The van der Waals surface area contributed by atoms with Crippen molar-refractivity contribution in [2.75, 3.05) is 18.5 Å². The summed E-state index contributed by atoms with van der Waals surface area (Å²) >= 11 is 0. The van der Waals surface area contributed by atoms with Crippen LogP contribution in [-0.2, 0) is 24.0 Å². The van der Waals surface area contributed by atoms with E-state index >= 15 is 0 Å². The topological polar surface area (TPSA) is 50.4 Å². The molecule has 1 amide bonds. The van der Waals surface area contributed by atoms with Crippen molar-refractivity contribution >= 4 is 11.8 Å². The van der Waals surface area contributed by atoms with Crippen molar-refractivity contribution in [3.8, 4) is 11.1 Å². The second kappa shape index (κ2) is 5.00. The van der Waals surface area contributed by atoms with Gasteiger partial charge in [-0.25, -0.2) is 4.79 Å². The summed E-state index contributed by atoms with van der Waals surface area (Å²) in [6, 6.07) is 13.3. The minimum absolute atomic E-state index is 0.191. The van der Waals surface area contributed by atoms with E-state index in [0.717, 1.165) is 32.2 Å². The number of hydrogen-bond acceptors (Lipinski definition) is 3. The van der Waals surface area contributed by atoms with E-state index in [1.807, 2.05) is 0 Å². The van der Waals surface area contributed by atoms with Crippen LogP contribution in [0.3, 0.4) is 0 Å². The first-order valence-corrected chi connectivity index (χ1v) is 8.65. The molecule has 24 heavy (non-hydrogen) atoms. The molecule has 1 saturated heterocycles. The molecule has 4 nitrogen and oxygen atoms in total. The third-order valence-corrected chi connectivity index (χ3v) is 5.63. The lowest BCUT2D eigenvalue weighted by Crippen LogP contribution is -2.48. The van der Waals surface area contributed by atoms with Gasteiger partial charge >= 0.3 is 6.09 Å². The summed E-state index contributed by atoms with van der Waals surface area (Å²) in [5.41, 5.74) is 7.90. The quantitative estimate of drug-likeness (QED) is 0.848. The lowest BCUT2D eigenvalue weighted by molar-refractivity contribution is 0.170. The van der Waals surface area contributed by atoms with E-state index in [1.54, 1.807) is 0 Å². The number of aryl methyl sites for hydroxylation is 1. The largest absolute Gasteiger partial charge is 0.447 e. The van der Waals surface area contributed by atoms with Gasteiger partial charge in [0.15, 0.2) is 0 Å². The highest BCUT2D eigenvalue weighted by Gasteiger charge is 2.41. The first-order chi connectivity index (χ1) is 11.7. The molecule has 3 aliphatic rings. The number of amides is 1. The van der Waals surface area contributed by atoms with Gasteiger partial charge in [0, 0.05) is 12.2 Å². The summed E-state index contributed by atoms with van der Waals surface area (Å²) in [5.74, 6) is 0. The summed E-state index contributed by atoms with van der Waals surface area (Å²) < 4.78 is 5.15. The third kappa shape index (κ3) is 2.09. The van der Waals surface area contributed by atoms with Gasteiger partial charge in [-0.1, -0.05) is 30.3 Å². The molecule has 0 bridgehead atoms. The third-order valence-electron chi connectivity index (χ3n) is 5.63. The highest BCUT2D eigenvalue weighted by atomic mass is 16.6. The molecule has 0 radical (unpaired) electrons. The summed E-state index contributed by atoms with van der Waals surface area (Å²) in [7, 11) is 0. The number of ether oxygens (including phenoxy) is 1. The molecule has 1 fully saturated rings. The van der Waals surface area contributed by atoms with Gasteiger partial charge in [0.2, 0.25) is 0 Å². The number of nitrogens with one attached hydrogen (secondary N) is 2. The molecule has 2 N–H and O–H groups in total. The van der Waals surface area contributed by atoms with Crippen molar-refractivity contribution in [1.29, 1.82) is 0 Å². The second-order valence-corrected chi connectivity index (χ2v) is 7.15. The van der Waals surface area contributed by atoms with E-state index in [0.29, 0.717) is 6.61 Å². The predicted molar refractivity (Wildman–Crippen MR) is 93.3 cm³/mol. The molecule has 1 spiro atoms. The van der Waals surface area contributed by atoms with E-state index < -0.39 is 0 Å². The zero-order chi connectivity index (χ0) is 16.1. The Labute approximate surface area is 141 Å². The van der Waals surface area contributed by atoms with Gasteiger partial charge in [-0.15, -0.1) is 0 Å². The fourth-order valence-electron chi connectivity index (χ4n) is 4.36. The van der Waals surface area contributed by atoms with Crippen LogP contribution in [0.4, 0.5) is 10.5 Å². The van der Waals surface area contributed by atoms with Gasteiger partial charge in [-0.3, -0.25) is 0 Å². The fourth-order valence-corrected chi connectivity index (χ4v) is 4.36. The number of hydrogen-bond donors (Lipinski definition) is 2. The van der Waals surface area contributed by atoms with E-state index in [1.165, 1.54) is 33.5 Å². The Bertz CT molecular complexity index is 846. The maximum Gasteiger partial charge on any atom is 0.407 e. The number of alkyl carbamates (subject to hydrolysis) is 1. The first kappa shape index (κ1) is 13.9. The van der Waals surface area contributed by atoms with Crippen molar-refractivity contribution in [3.63, 3.8) is 0 Å². The zero-order valence-corrected chi connectivity index (χ0v) is 13.5. The normalized spacial score (nSPS) is 24.1. The molecule has 2 aliphatic heterocycles. The number of benzene rings is 2. The smallest absolute Gasteiger partial charge is 0.407 e. The summed E-state index contributed by atoms with van der Waals surface area (Å²) in [5, 5.41) is 6.48. The van der Waals surface area contributed by atoms with Gasteiger partial charge in [-0.05, 0) is 59.6 Å². The maximum atomic E-state index is 11.4. The Balaban J connectivity index is 1.50. The van der Waals surface area contributed by atoms with Gasteiger partial charge in [0.25, 0.3) is 0 Å². The second-order valence-electron chi connectivity index (χ2n) is 7.15. The van der Waals surface area contributed by atoms with Crippen LogP contribution in [0.5, 0.6) is 0 Å². The van der Waals surface area contributed by atoms with Crippen LogP contribution in [0.15, 0.2) is 36.4 Å². The molecular weight excluding hydrogens is 300 g/mol. The number of anilines is 1. The van der Waals surface area contributed by atoms with E-state index in [2.05, 4.69) is 47.0 Å². The van der Waals surface area contributed by atoms with Crippen LogP contribution in [0.2, 0.25) is 0 Å². The molecule has 1 unspecified atom stereocenters. The van der Waals surface area contributed by atoms with Crippen molar-refractivity contribution in [1.82, 2.24) is 5.32 Å².